The van der Waals surface area contributed by atoms with Gasteiger partial charge >= 0.3 is 0 Å². The minimum Gasteiger partial charge on any atom is -0.300 e. The van der Waals surface area contributed by atoms with Gasteiger partial charge in [-0.3, -0.25) is 4.79 Å². The van der Waals surface area contributed by atoms with Crippen molar-refractivity contribution in [2.75, 3.05) is 0 Å². The SMILES string of the molecule is CCC1(CC(C)=O)CCCC(=O)C1. The summed E-state index contributed by atoms with van der Waals surface area (Å²) >= 11 is 0. The molecule has 1 aliphatic carbocycles. The van der Waals surface area contributed by atoms with Crippen LogP contribution in [0, 0.1) is 5.41 Å². The van der Waals surface area contributed by atoms with E-state index in [4.69, 9.17) is 0 Å². The van der Waals surface area contributed by atoms with Crippen molar-refractivity contribution in [3.05, 3.63) is 0 Å². The van der Waals surface area contributed by atoms with Crippen LogP contribution in [-0.2, 0) is 9.59 Å². The second-order valence-corrected chi connectivity index (χ2v) is 4.30. The Kier molecular flexibility index (Phi) is 3.23. The zero-order valence-corrected chi connectivity index (χ0v) is 8.56. The number of carbonyl (C=O) groups is 2. The molecule has 0 bridgehead atoms. The van der Waals surface area contributed by atoms with Gasteiger partial charge in [0.25, 0.3) is 0 Å². The summed E-state index contributed by atoms with van der Waals surface area (Å²) in [6, 6.07) is 0. The fourth-order valence-electron chi connectivity index (χ4n) is 2.36. The Labute approximate surface area is 79.7 Å². The van der Waals surface area contributed by atoms with Crippen LogP contribution in [0.2, 0.25) is 0 Å². The first-order valence-corrected chi connectivity index (χ1v) is 5.09. The average Bonchev–Trinajstić information content (AvgIpc) is 2.03. The Morgan fingerprint density at radius 2 is 2.23 bits per heavy atom. The summed E-state index contributed by atoms with van der Waals surface area (Å²) in [6.07, 6.45) is 4.92. The molecule has 1 unspecified atom stereocenters. The van der Waals surface area contributed by atoms with Crippen LogP contribution in [-0.4, -0.2) is 11.6 Å². The highest BCUT2D eigenvalue weighted by molar-refractivity contribution is 5.82. The van der Waals surface area contributed by atoms with Gasteiger partial charge in [0.2, 0.25) is 0 Å². The molecule has 0 spiro atoms. The number of rotatable bonds is 3. The molecule has 0 heterocycles. The zero-order valence-electron chi connectivity index (χ0n) is 8.56. The van der Waals surface area contributed by atoms with E-state index in [1.165, 1.54) is 0 Å². The van der Waals surface area contributed by atoms with Crippen molar-refractivity contribution in [1.29, 1.82) is 0 Å². The summed E-state index contributed by atoms with van der Waals surface area (Å²) in [5.74, 6) is 0.561. The van der Waals surface area contributed by atoms with Crippen LogP contribution in [0.15, 0.2) is 0 Å². The van der Waals surface area contributed by atoms with Crippen LogP contribution in [0.1, 0.15) is 52.4 Å². The second kappa shape index (κ2) is 4.03. The molecule has 0 radical (unpaired) electrons. The maximum absolute atomic E-state index is 11.3. The van der Waals surface area contributed by atoms with E-state index in [9.17, 15) is 9.59 Å². The fourth-order valence-corrected chi connectivity index (χ4v) is 2.36. The van der Waals surface area contributed by atoms with Crippen molar-refractivity contribution in [1.82, 2.24) is 0 Å². The molecular formula is C11H18O2. The minimum atomic E-state index is 0.0150. The fraction of sp³-hybridized carbons (Fsp3) is 0.818. The number of carbonyl (C=O) groups excluding carboxylic acids is 2. The molecule has 0 aromatic rings. The van der Waals surface area contributed by atoms with Crippen LogP contribution in [0.4, 0.5) is 0 Å². The van der Waals surface area contributed by atoms with Crippen LogP contribution in [0.3, 0.4) is 0 Å². The van der Waals surface area contributed by atoms with Crippen molar-refractivity contribution in [3.63, 3.8) is 0 Å². The molecule has 1 saturated carbocycles. The lowest BCUT2D eigenvalue weighted by atomic mass is 9.69. The first-order chi connectivity index (χ1) is 6.08. The maximum atomic E-state index is 11.3. The van der Waals surface area contributed by atoms with Gasteiger partial charge in [-0.05, 0) is 31.6 Å². The van der Waals surface area contributed by atoms with E-state index in [2.05, 4.69) is 6.92 Å². The van der Waals surface area contributed by atoms with Gasteiger partial charge in [-0.1, -0.05) is 6.92 Å². The second-order valence-electron chi connectivity index (χ2n) is 4.30. The summed E-state index contributed by atoms with van der Waals surface area (Å²) < 4.78 is 0. The number of hydrogen-bond acceptors (Lipinski definition) is 2. The zero-order chi connectivity index (χ0) is 9.90. The van der Waals surface area contributed by atoms with Crippen LogP contribution in [0.5, 0.6) is 0 Å². The number of Topliss-reactive ketones (excluding diaryl/α,β-unsaturated/α-hetero) is 2. The Hall–Kier alpha value is -0.660. The van der Waals surface area contributed by atoms with Crippen molar-refractivity contribution < 1.29 is 9.59 Å². The minimum absolute atomic E-state index is 0.0150. The van der Waals surface area contributed by atoms with Crippen molar-refractivity contribution in [2.45, 2.75) is 52.4 Å². The summed E-state index contributed by atoms with van der Waals surface area (Å²) in [4.78, 5) is 22.4. The van der Waals surface area contributed by atoms with Crippen LogP contribution < -0.4 is 0 Å². The number of hydrogen-bond donors (Lipinski definition) is 0. The summed E-state index contributed by atoms with van der Waals surface area (Å²) in [5.41, 5.74) is 0.0150. The van der Waals surface area contributed by atoms with Crippen LogP contribution in [0.25, 0.3) is 0 Å². The van der Waals surface area contributed by atoms with Gasteiger partial charge in [0.1, 0.15) is 11.6 Å². The average molecular weight is 182 g/mol. The quantitative estimate of drug-likeness (QED) is 0.672. The molecular weight excluding hydrogens is 164 g/mol. The van der Waals surface area contributed by atoms with Crippen molar-refractivity contribution >= 4 is 11.6 Å². The highest BCUT2D eigenvalue weighted by Crippen LogP contribution is 2.40. The summed E-state index contributed by atoms with van der Waals surface area (Å²) in [5, 5.41) is 0. The number of ketones is 2. The first-order valence-electron chi connectivity index (χ1n) is 5.09. The third kappa shape index (κ3) is 2.64. The van der Waals surface area contributed by atoms with Crippen LogP contribution >= 0.6 is 0 Å². The van der Waals surface area contributed by atoms with Gasteiger partial charge in [-0.15, -0.1) is 0 Å². The molecule has 13 heavy (non-hydrogen) atoms. The predicted octanol–water partition coefficient (Wildman–Crippen LogP) is 2.51. The molecule has 0 aromatic heterocycles. The van der Waals surface area contributed by atoms with Crippen molar-refractivity contribution in [2.24, 2.45) is 5.41 Å². The third-order valence-corrected chi connectivity index (χ3v) is 3.11. The normalized spacial score (nSPS) is 28.9. The standard InChI is InChI=1S/C11H18O2/c1-3-11(7-9(2)12)6-4-5-10(13)8-11/h3-8H2,1-2H3. The molecule has 1 aliphatic rings. The molecule has 0 aliphatic heterocycles. The molecule has 0 N–H and O–H groups in total. The first kappa shape index (κ1) is 10.4. The molecule has 2 nitrogen and oxygen atoms in total. The van der Waals surface area contributed by atoms with E-state index in [-0.39, 0.29) is 11.2 Å². The molecule has 2 heteroatoms. The lowest BCUT2D eigenvalue weighted by molar-refractivity contribution is -0.126. The molecule has 0 saturated heterocycles. The summed E-state index contributed by atoms with van der Waals surface area (Å²) in [6.45, 7) is 3.71. The Balaban J connectivity index is 2.67. The third-order valence-electron chi connectivity index (χ3n) is 3.11. The summed E-state index contributed by atoms with van der Waals surface area (Å²) in [7, 11) is 0. The lowest BCUT2D eigenvalue weighted by Crippen LogP contribution is -2.30. The van der Waals surface area contributed by atoms with Gasteiger partial charge in [-0.2, -0.15) is 0 Å². The molecule has 1 rings (SSSR count). The van der Waals surface area contributed by atoms with E-state index >= 15 is 0 Å². The van der Waals surface area contributed by atoms with Gasteiger partial charge in [-0.25, -0.2) is 0 Å². The molecule has 1 atom stereocenters. The van der Waals surface area contributed by atoms with E-state index in [1.807, 2.05) is 0 Å². The van der Waals surface area contributed by atoms with E-state index < -0.39 is 0 Å². The van der Waals surface area contributed by atoms with Gasteiger partial charge in [0.05, 0.1) is 0 Å². The highest BCUT2D eigenvalue weighted by Gasteiger charge is 2.34. The Morgan fingerprint density at radius 3 is 2.69 bits per heavy atom. The largest absolute Gasteiger partial charge is 0.300 e. The Morgan fingerprint density at radius 1 is 1.54 bits per heavy atom. The van der Waals surface area contributed by atoms with E-state index in [0.717, 1.165) is 25.7 Å². The maximum Gasteiger partial charge on any atom is 0.133 e. The monoisotopic (exact) mass is 182 g/mol. The molecule has 0 aromatic carbocycles. The van der Waals surface area contributed by atoms with Crippen molar-refractivity contribution in [3.8, 4) is 0 Å². The van der Waals surface area contributed by atoms with Gasteiger partial charge in [0, 0.05) is 19.3 Å². The Bertz CT molecular complexity index is 216. The topological polar surface area (TPSA) is 34.1 Å². The molecule has 74 valence electrons. The van der Waals surface area contributed by atoms with Gasteiger partial charge in [0.15, 0.2) is 0 Å². The van der Waals surface area contributed by atoms with E-state index in [1.54, 1.807) is 6.92 Å². The molecule has 1 fully saturated rings. The smallest absolute Gasteiger partial charge is 0.133 e. The van der Waals surface area contributed by atoms with Gasteiger partial charge < -0.3 is 4.79 Å². The predicted molar refractivity (Wildman–Crippen MR) is 51.5 cm³/mol. The lowest BCUT2D eigenvalue weighted by Gasteiger charge is -2.34. The molecule has 0 amide bonds. The van der Waals surface area contributed by atoms with E-state index in [0.29, 0.717) is 18.6 Å². The highest BCUT2D eigenvalue weighted by atomic mass is 16.1.